The highest BCUT2D eigenvalue weighted by Crippen LogP contribution is 2.19. The van der Waals surface area contributed by atoms with Crippen LogP contribution < -0.4 is 10.1 Å². The second kappa shape index (κ2) is 6.06. The summed E-state index contributed by atoms with van der Waals surface area (Å²) in [6, 6.07) is 6.20. The lowest BCUT2D eigenvalue weighted by atomic mass is 10.1. The van der Waals surface area contributed by atoms with E-state index < -0.39 is 0 Å². The van der Waals surface area contributed by atoms with Crippen LogP contribution in [0.15, 0.2) is 18.2 Å². The average Bonchev–Trinajstić information content (AvgIpc) is 2.26. The minimum absolute atomic E-state index is 0.722. The van der Waals surface area contributed by atoms with Gasteiger partial charge in [-0.15, -0.1) is 0 Å². The number of methoxy groups -OCH3 is 1. The maximum absolute atomic E-state index is 10.0. The summed E-state index contributed by atoms with van der Waals surface area (Å²) in [4.78, 5) is 10.0. The molecule has 0 aromatic heterocycles. The first-order valence-corrected chi connectivity index (χ1v) is 5.08. The van der Waals surface area contributed by atoms with Crippen LogP contribution in [0.3, 0.4) is 0 Å². The molecule has 3 heteroatoms. The van der Waals surface area contributed by atoms with Crippen LogP contribution in [0.4, 0.5) is 0 Å². The van der Waals surface area contributed by atoms with E-state index in [1.54, 1.807) is 7.11 Å². The van der Waals surface area contributed by atoms with Crippen molar-refractivity contribution in [1.29, 1.82) is 0 Å². The van der Waals surface area contributed by atoms with Crippen molar-refractivity contribution in [2.24, 2.45) is 0 Å². The number of hydrogen-bond donors (Lipinski definition) is 1. The number of hydrogen-bond acceptors (Lipinski definition) is 2. The van der Waals surface area contributed by atoms with Crippen molar-refractivity contribution in [2.45, 2.75) is 19.8 Å². The lowest BCUT2D eigenvalue weighted by Gasteiger charge is -2.07. The van der Waals surface area contributed by atoms with E-state index in [1.165, 1.54) is 5.56 Å². The second-order valence-corrected chi connectivity index (χ2v) is 3.48. The number of nitrogens with one attached hydrogen (secondary N) is 1. The number of carbonyl (C=O) groups excluding carboxylic acids is 1. The third-order valence-electron chi connectivity index (χ3n) is 2.34. The average molecular weight is 207 g/mol. The molecule has 0 atom stereocenters. The van der Waals surface area contributed by atoms with Crippen molar-refractivity contribution in [2.75, 3.05) is 13.7 Å². The Hall–Kier alpha value is -1.51. The summed E-state index contributed by atoms with van der Waals surface area (Å²) in [7, 11) is 1.68. The first-order valence-electron chi connectivity index (χ1n) is 5.08. The van der Waals surface area contributed by atoms with E-state index in [4.69, 9.17) is 4.74 Å². The molecule has 1 rings (SSSR count). The Kier molecular flexibility index (Phi) is 4.68. The van der Waals surface area contributed by atoms with Gasteiger partial charge >= 0.3 is 0 Å². The van der Waals surface area contributed by atoms with Crippen molar-refractivity contribution in [3.8, 4) is 5.75 Å². The van der Waals surface area contributed by atoms with Gasteiger partial charge in [0.15, 0.2) is 0 Å². The van der Waals surface area contributed by atoms with Crippen LogP contribution in [-0.2, 0) is 11.2 Å². The lowest BCUT2D eigenvalue weighted by molar-refractivity contribution is -0.109. The van der Waals surface area contributed by atoms with Gasteiger partial charge in [-0.2, -0.15) is 0 Å². The van der Waals surface area contributed by atoms with E-state index in [2.05, 4.69) is 23.5 Å². The molecule has 15 heavy (non-hydrogen) atoms. The van der Waals surface area contributed by atoms with Gasteiger partial charge in [0.2, 0.25) is 6.41 Å². The molecule has 0 radical (unpaired) electrons. The molecule has 0 saturated heterocycles. The minimum Gasteiger partial charge on any atom is -0.496 e. The number of benzene rings is 1. The smallest absolute Gasteiger partial charge is 0.207 e. The standard InChI is InChI=1S/C12H17NO2/c1-10-5-6-11(8-12(10)15-2)4-3-7-13-9-14/h5-6,8-9H,3-4,7H2,1-2H3,(H,13,14). The normalized spacial score (nSPS) is 9.73. The van der Waals surface area contributed by atoms with Crippen molar-refractivity contribution in [1.82, 2.24) is 5.32 Å². The summed E-state index contributed by atoms with van der Waals surface area (Å²) in [6.45, 7) is 2.75. The Balaban J connectivity index is 2.50. The van der Waals surface area contributed by atoms with Gasteiger partial charge in [-0.3, -0.25) is 4.79 Å². The Labute approximate surface area is 90.4 Å². The Morgan fingerprint density at radius 1 is 1.47 bits per heavy atom. The van der Waals surface area contributed by atoms with Crippen LogP contribution >= 0.6 is 0 Å². The molecular formula is C12H17NO2. The molecule has 1 amide bonds. The van der Waals surface area contributed by atoms with E-state index >= 15 is 0 Å². The fourth-order valence-corrected chi connectivity index (χ4v) is 1.47. The van der Waals surface area contributed by atoms with Crippen LogP contribution in [0, 0.1) is 6.92 Å². The Morgan fingerprint density at radius 3 is 2.93 bits per heavy atom. The van der Waals surface area contributed by atoms with Crippen molar-refractivity contribution in [3.63, 3.8) is 0 Å². The molecule has 1 N–H and O–H groups in total. The topological polar surface area (TPSA) is 38.3 Å². The molecule has 0 heterocycles. The van der Waals surface area contributed by atoms with Crippen molar-refractivity contribution >= 4 is 6.41 Å². The predicted molar refractivity (Wildman–Crippen MR) is 60.1 cm³/mol. The molecule has 0 aliphatic heterocycles. The zero-order valence-corrected chi connectivity index (χ0v) is 9.25. The molecule has 1 aromatic carbocycles. The van der Waals surface area contributed by atoms with E-state index in [-0.39, 0.29) is 0 Å². The highest BCUT2D eigenvalue weighted by Gasteiger charge is 1.99. The van der Waals surface area contributed by atoms with Crippen LogP contribution in [0.1, 0.15) is 17.5 Å². The molecule has 0 fully saturated rings. The van der Waals surface area contributed by atoms with E-state index in [0.717, 1.165) is 37.1 Å². The fraction of sp³-hybridized carbons (Fsp3) is 0.417. The molecule has 0 saturated carbocycles. The van der Waals surface area contributed by atoms with Gasteiger partial charge in [0, 0.05) is 6.54 Å². The zero-order chi connectivity index (χ0) is 11.1. The SMILES string of the molecule is COc1cc(CCCNC=O)ccc1C. The number of rotatable bonds is 6. The first-order chi connectivity index (χ1) is 7.27. The zero-order valence-electron chi connectivity index (χ0n) is 9.25. The number of ether oxygens (including phenoxy) is 1. The molecule has 0 unspecified atom stereocenters. The van der Waals surface area contributed by atoms with Gasteiger partial charge < -0.3 is 10.1 Å². The van der Waals surface area contributed by atoms with Gasteiger partial charge in [-0.1, -0.05) is 12.1 Å². The van der Waals surface area contributed by atoms with Crippen LogP contribution in [-0.4, -0.2) is 20.1 Å². The summed E-state index contributed by atoms with van der Waals surface area (Å²) in [5.74, 6) is 0.927. The van der Waals surface area contributed by atoms with Crippen molar-refractivity contribution in [3.05, 3.63) is 29.3 Å². The Morgan fingerprint density at radius 2 is 2.27 bits per heavy atom. The predicted octanol–water partition coefficient (Wildman–Crippen LogP) is 1.68. The summed E-state index contributed by atoms with van der Waals surface area (Å²) < 4.78 is 5.24. The van der Waals surface area contributed by atoms with Gasteiger partial charge in [-0.25, -0.2) is 0 Å². The molecular weight excluding hydrogens is 190 g/mol. The summed E-state index contributed by atoms with van der Waals surface area (Å²) in [6.07, 6.45) is 2.64. The molecule has 0 bridgehead atoms. The molecule has 0 spiro atoms. The Bertz CT molecular complexity index is 323. The molecule has 1 aromatic rings. The van der Waals surface area contributed by atoms with Crippen molar-refractivity contribution < 1.29 is 9.53 Å². The maximum atomic E-state index is 10.0. The lowest BCUT2D eigenvalue weighted by Crippen LogP contribution is -2.12. The number of carbonyl (C=O) groups is 1. The quantitative estimate of drug-likeness (QED) is 0.569. The van der Waals surface area contributed by atoms with E-state index in [0.29, 0.717) is 0 Å². The van der Waals surface area contributed by atoms with E-state index in [9.17, 15) is 4.79 Å². The maximum Gasteiger partial charge on any atom is 0.207 e. The first kappa shape index (κ1) is 11.6. The molecule has 0 aliphatic rings. The fourth-order valence-electron chi connectivity index (χ4n) is 1.47. The highest BCUT2D eigenvalue weighted by atomic mass is 16.5. The van der Waals surface area contributed by atoms with Gasteiger partial charge in [0.05, 0.1) is 7.11 Å². The molecule has 82 valence electrons. The number of amides is 1. The molecule has 3 nitrogen and oxygen atoms in total. The third-order valence-corrected chi connectivity index (χ3v) is 2.34. The highest BCUT2D eigenvalue weighted by molar-refractivity contribution is 5.45. The minimum atomic E-state index is 0.722. The second-order valence-electron chi connectivity index (χ2n) is 3.48. The van der Waals surface area contributed by atoms with Crippen LogP contribution in [0.25, 0.3) is 0 Å². The summed E-state index contributed by atoms with van der Waals surface area (Å²) in [5.41, 5.74) is 2.39. The van der Waals surface area contributed by atoms with E-state index in [1.807, 2.05) is 6.92 Å². The number of aryl methyl sites for hydroxylation is 2. The summed E-state index contributed by atoms with van der Waals surface area (Å²) >= 11 is 0. The summed E-state index contributed by atoms with van der Waals surface area (Å²) in [5, 5.41) is 2.65. The van der Waals surface area contributed by atoms with Gasteiger partial charge in [0.25, 0.3) is 0 Å². The van der Waals surface area contributed by atoms with Crippen LogP contribution in [0.5, 0.6) is 5.75 Å². The largest absolute Gasteiger partial charge is 0.496 e. The van der Waals surface area contributed by atoms with Crippen LogP contribution in [0.2, 0.25) is 0 Å². The van der Waals surface area contributed by atoms with Gasteiger partial charge in [-0.05, 0) is 37.0 Å². The molecule has 0 aliphatic carbocycles. The van der Waals surface area contributed by atoms with Gasteiger partial charge in [0.1, 0.15) is 5.75 Å². The monoisotopic (exact) mass is 207 g/mol. The third kappa shape index (κ3) is 3.62.